The zero-order valence-corrected chi connectivity index (χ0v) is 14.4. The molecule has 0 unspecified atom stereocenters. The number of aromatic amines is 1. The number of aromatic nitrogens is 2. The van der Waals surface area contributed by atoms with Gasteiger partial charge in [0.2, 0.25) is 0 Å². The van der Waals surface area contributed by atoms with Gasteiger partial charge in [0.15, 0.2) is 5.76 Å². The van der Waals surface area contributed by atoms with E-state index in [0.717, 1.165) is 53.0 Å². The number of benzene rings is 1. The molecule has 2 aromatic heterocycles. The van der Waals surface area contributed by atoms with Gasteiger partial charge in [0.25, 0.3) is 0 Å². The number of nitrogens with zero attached hydrogens (tertiary/aromatic N) is 2. The normalized spacial score (nSPS) is 21.4. The van der Waals surface area contributed by atoms with E-state index in [-0.39, 0.29) is 0 Å². The van der Waals surface area contributed by atoms with E-state index in [4.69, 9.17) is 4.42 Å². The Morgan fingerprint density at radius 2 is 2.16 bits per heavy atom. The number of hydrogen-bond donors (Lipinski definition) is 2. The fourth-order valence-electron chi connectivity index (χ4n) is 3.98. The molecule has 0 bridgehead atoms. The molecule has 25 heavy (non-hydrogen) atoms. The van der Waals surface area contributed by atoms with Crippen LogP contribution in [0.25, 0.3) is 22.4 Å². The van der Waals surface area contributed by atoms with Gasteiger partial charge in [0, 0.05) is 30.1 Å². The summed E-state index contributed by atoms with van der Waals surface area (Å²) < 4.78 is 5.97. The lowest BCUT2D eigenvalue weighted by Crippen LogP contribution is -2.27. The first kappa shape index (κ1) is 15.2. The van der Waals surface area contributed by atoms with E-state index in [1.165, 1.54) is 32.4 Å². The quantitative estimate of drug-likeness (QED) is 0.724. The molecule has 2 N–H and O–H groups in total. The number of nitrogens with one attached hydrogen (secondary N) is 2. The maximum absolute atomic E-state index is 5.97. The number of furan rings is 1. The van der Waals surface area contributed by atoms with Crippen molar-refractivity contribution in [3.63, 3.8) is 0 Å². The molecule has 0 amide bonds. The van der Waals surface area contributed by atoms with Gasteiger partial charge in [0.1, 0.15) is 11.3 Å². The van der Waals surface area contributed by atoms with Crippen LogP contribution in [-0.2, 0) is 6.54 Å². The Morgan fingerprint density at radius 3 is 3.04 bits per heavy atom. The summed E-state index contributed by atoms with van der Waals surface area (Å²) in [7, 11) is 0. The molecular formula is C20H24N4O. The van der Waals surface area contributed by atoms with Crippen molar-refractivity contribution in [1.82, 2.24) is 20.4 Å². The van der Waals surface area contributed by atoms with Gasteiger partial charge in [-0.1, -0.05) is 18.2 Å². The Hall–Kier alpha value is -2.11. The van der Waals surface area contributed by atoms with Crippen LogP contribution in [0, 0.1) is 5.92 Å². The van der Waals surface area contributed by atoms with Gasteiger partial charge in [-0.05, 0) is 50.4 Å². The van der Waals surface area contributed by atoms with E-state index in [0.29, 0.717) is 0 Å². The van der Waals surface area contributed by atoms with Crippen LogP contribution in [0.4, 0.5) is 0 Å². The SMILES string of the molecule is c1ccc2oc(-c3[nH]ncc3CNC[C@@H]3CCN(C4CC4)C3)cc2c1. The Kier molecular flexibility index (Phi) is 3.83. The molecule has 0 radical (unpaired) electrons. The molecule has 3 heterocycles. The number of hydrogen-bond acceptors (Lipinski definition) is 4. The highest BCUT2D eigenvalue weighted by atomic mass is 16.3. The molecule has 2 fully saturated rings. The van der Waals surface area contributed by atoms with Gasteiger partial charge in [-0.25, -0.2) is 0 Å². The lowest BCUT2D eigenvalue weighted by molar-refractivity contribution is 0.312. The first-order valence-electron chi connectivity index (χ1n) is 9.33. The standard InChI is InChI=1S/C20H24N4O/c1-2-4-18-15(3-1)9-19(25-18)20-16(12-22-23-20)11-21-10-14-7-8-24(13-14)17-5-6-17/h1-4,9,12,14,17,21H,5-8,10-11,13H2,(H,22,23)/t14-/m0/s1. The first-order valence-corrected chi connectivity index (χ1v) is 9.33. The fraction of sp³-hybridized carbons (Fsp3) is 0.450. The average molecular weight is 336 g/mol. The Labute approximate surface area is 147 Å². The van der Waals surface area contributed by atoms with Gasteiger partial charge >= 0.3 is 0 Å². The molecule has 1 aliphatic heterocycles. The smallest absolute Gasteiger partial charge is 0.153 e. The summed E-state index contributed by atoms with van der Waals surface area (Å²) in [6.07, 6.45) is 6.05. The minimum absolute atomic E-state index is 0.780. The molecule has 3 aromatic rings. The minimum Gasteiger partial charge on any atom is -0.454 e. The van der Waals surface area contributed by atoms with Crippen molar-refractivity contribution in [3.05, 3.63) is 42.1 Å². The van der Waals surface area contributed by atoms with Crippen LogP contribution in [0.5, 0.6) is 0 Å². The molecule has 0 spiro atoms. The number of H-pyrrole nitrogens is 1. The van der Waals surface area contributed by atoms with Crippen LogP contribution in [0.1, 0.15) is 24.8 Å². The predicted octanol–water partition coefficient (Wildman–Crippen LogP) is 3.40. The van der Waals surface area contributed by atoms with E-state index in [9.17, 15) is 0 Å². The molecule has 1 saturated carbocycles. The zero-order valence-electron chi connectivity index (χ0n) is 14.4. The van der Waals surface area contributed by atoms with Gasteiger partial charge in [0.05, 0.1) is 6.20 Å². The molecule has 1 aromatic carbocycles. The molecule has 5 nitrogen and oxygen atoms in total. The van der Waals surface area contributed by atoms with Gasteiger partial charge < -0.3 is 14.6 Å². The van der Waals surface area contributed by atoms with E-state index in [2.05, 4.69) is 32.5 Å². The predicted molar refractivity (Wildman–Crippen MR) is 98.2 cm³/mol. The van der Waals surface area contributed by atoms with Crippen molar-refractivity contribution in [2.45, 2.75) is 31.8 Å². The molecule has 5 rings (SSSR count). The second kappa shape index (κ2) is 6.32. The third kappa shape index (κ3) is 3.10. The Balaban J connectivity index is 1.22. The maximum Gasteiger partial charge on any atom is 0.153 e. The number of para-hydroxylation sites is 1. The highest BCUT2D eigenvalue weighted by molar-refractivity contribution is 5.82. The van der Waals surface area contributed by atoms with E-state index in [1.54, 1.807) is 0 Å². The number of likely N-dealkylation sites (tertiary alicyclic amines) is 1. The first-order chi connectivity index (χ1) is 12.4. The van der Waals surface area contributed by atoms with Gasteiger partial charge in [-0.15, -0.1) is 0 Å². The second-order valence-corrected chi connectivity index (χ2v) is 7.43. The molecular weight excluding hydrogens is 312 g/mol. The van der Waals surface area contributed by atoms with Crippen LogP contribution in [0.3, 0.4) is 0 Å². The van der Waals surface area contributed by atoms with Gasteiger partial charge in [-0.3, -0.25) is 5.10 Å². The highest BCUT2D eigenvalue weighted by Crippen LogP contribution is 2.32. The van der Waals surface area contributed by atoms with Crippen molar-refractivity contribution in [2.75, 3.05) is 19.6 Å². The van der Waals surface area contributed by atoms with Crippen molar-refractivity contribution >= 4 is 11.0 Å². The third-order valence-corrected chi connectivity index (χ3v) is 5.52. The van der Waals surface area contributed by atoms with Gasteiger partial charge in [-0.2, -0.15) is 5.10 Å². The summed E-state index contributed by atoms with van der Waals surface area (Å²) in [6.45, 7) is 4.45. The van der Waals surface area contributed by atoms with Crippen LogP contribution in [-0.4, -0.2) is 40.8 Å². The molecule has 5 heteroatoms. The highest BCUT2D eigenvalue weighted by Gasteiger charge is 2.34. The van der Waals surface area contributed by atoms with Crippen LogP contribution in [0.15, 0.2) is 40.9 Å². The summed E-state index contributed by atoms with van der Waals surface area (Å²) in [5.41, 5.74) is 3.06. The fourth-order valence-corrected chi connectivity index (χ4v) is 3.98. The van der Waals surface area contributed by atoms with E-state index >= 15 is 0 Å². The summed E-state index contributed by atoms with van der Waals surface area (Å²) >= 11 is 0. The van der Waals surface area contributed by atoms with Crippen molar-refractivity contribution in [2.24, 2.45) is 5.92 Å². The molecule has 1 saturated heterocycles. The Morgan fingerprint density at radius 1 is 1.24 bits per heavy atom. The third-order valence-electron chi connectivity index (χ3n) is 5.52. The molecule has 1 aliphatic carbocycles. The van der Waals surface area contributed by atoms with E-state index < -0.39 is 0 Å². The zero-order chi connectivity index (χ0) is 16.6. The minimum atomic E-state index is 0.780. The van der Waals surface area contributed by atoms with Crippen molar-refractivity contribution < 1.29 is 4.42 Å². The summed E-state index contributed by atoms with van der Waals surface area (Å²) in [6, 6.07) is 11.1. The monoisotopic (exact) mass is 336 g/mol. The van der Waals surface area contributed by atoms with E-state index in [1.807, 2.05) is 24.4 Å². The number of rotatable bonds is 6. The lowest BCUT2D eigenvalue weighted by Gasteiger charge is -2.15. The second-order valence-electron chi connectivity index (χ2n) is 7.43. The number of fused-ring (bicyclic) bond motifs is 1. The molecule has 1 atom stereocenters. The maximum atomic E-state index is 5.97. The topological polar surface area (TPSA) is 57.1 Å². The van der Waals surface area contributed by atoms with Crippen LogP contribution >= 0.6 is 0 Å². The molecule has 130 valence electrons. The summed E-state index contributed by atoms with van der Waals surface area (Å²) in [5.74, 6) is 1.64. The molecule has 2 aliphatic rings. The van der Waals surface area contributed by atoms with Crippen LogP contribution in [0.2, 0.25) is 0 Å². The summed E-state index contributed by atoms with van der Waals surface area (Å²) in [4.78, 5) is 2.67. The average Bonchev–Trinajstić information content (AvgIpc) is 3.05. The van der Waals surface area contributed by atoms with Crippen LogP contribution < -0.4 is 5.32 Å². The Bertz CT molecular complexity index is 830. The van der Waals surface area contributed by atoms with Crippen molar-refractivity contribution in [3.8, 4) is 11.5 Å². The van der Waals surface area contributed by atoms with Crippen molar-refractivity contribution in [1.29, 1.82) is 0 Å². The largest absolute Gasteiger partial charge is 0.454 e. The lowest BCUT2D eigenvalue weighted by atomic mass is 10.1. The summed E-state index contributed by atoms with van der Waals surface area (Å²) in [5, 5.41) is 12.1.